The molecule has 0 atom stereocenters. The summed E-state index contributed by atoms with van der Waals surface area (Å²) in [7, 11) is -3.99. The van der Waals surface area contributed by atoms with Crippen LogP contribution >= 0.6 is 0 Å². The summed E-state index contributed by atoms with van der Waals surface area (Å²) < 4.78 is 28.6. The zero-order chi connectivity index (χ0) is 16.4. The van der Waals surface area contributed by atoms with E-state index in [-0.39, 0.29) is 17.2 Å². The molecule has 0 saturated heterocycles. The van der Waals surface area contributed by atoms with Crippen molar-refractivity contribution in [3.8, 4) is 11.8 Å². The molecule has 1 rings (SSSR count). The molecule has 0 aliphatic rings. The number of rotatable bonds is 8. The Bertz CT molecular complexity index is 658. The molecule has 0 unspecified atom stereocenters. The Balaban J connectivity index is 2.51. The van der Waals surface area contributed by atoms with Crippen molar-refractivity contribution >= 4 is 15.8 Å². The van der Waals surface area contributed by atoms with Crippen molar-refractivity contribution in [2.24, 2.45) is 0 Å². The second-order valence-corrected chi connectivity index (χ2v) is 6.21. The quantitative estimate of drug-likeness (QED) is 0.241. The summed E-state index contributed by atoms with van der Waals surface area (Å²) in [4.78, 5) is 9.76. The highest BCUT2D eigenvalue weighted by Gasteiger charge is 2.18. The number of hydrogen-bond donors (Lipinski definition) is 0. The molecule has 0 spiro atoms. The first-order valence-electron chi connectivity index (χ1n) is 7.07. The Morgan fingerprint density at radius 3 is 2.64 bits per heavy atom. The van der Waals surface area contributed by atoms with Gasteiger partial charge in [0.25, 0.3) is 15.8 Å². The van der Waals surface area contributed by atoms with Crippen molar-refractivity contribution in [2.75, 3.05) is 6.61 Å². The number of non-ortho nitro benzene ring substituents is 1. The van der Waals surface area contributed by atoms with Crippen LogP contribution in [0.5, 0.6) is 0 Å². The summed E-state index contributed by atoms with van der Waals surface area (Å²) >= 11 is 0. The fourth-order valence-corrected chi connectivity index (χ4v) is 2.61. The number of benzene rings is 1. The van der Waals surface area contributed by atoms with Crippen molar-refractivity contribution < 1.29 is 17.5 Å². The third kappa shape index (κ3) is 6.24. The maximum atomic E-state index is 11.9. The number of unbranched alkanes of at least 4 members (excludes halogenated alkanes) is 3. The van der Waals surface area contributed by atoms with Gasteiger partial charge in [-0.05, 0) is 12.5 Å². The minimum atomic E-state index is -3.99. The number of nitrogens with zero attached hydrogens (tertiary/aromatic N) is 1. The molecule has 0 saturated carbocycles. The van der Waals surface area contributed by atoms with Gasteiger partial charge in [-0.1, -0.05) is 25.8 Å². The van der Waals surface area contributed by atoms with Crippen molar-refractivity contribution in [2.45, 2.75) is 43.9 Å². The maximum Gasteiger partial charge on any atom is 0.297 e. The van der Waals surface area contributed by atoms with E-state index >= 15 is 0 Å². The van der Waals surface area contributed by atoms with Crippen LogP contribution in [0.15, 0.2) is 29.2 Å². The molecule has 0 heterocycles. The van der Waals surface area contributed by atoms with E-state index in [1.807, 2.05) is 0 Å². The third-order valence-electron chi connectivity index (χ3n) is 2.81. The Labute approximate surface area is 130 Å². The van der Waals surface area contributed by atoms with Gasteiger partial charge in [-0.15, -0.1) is 11.8 Å². The monoisotopic (exact) mass is 325 g/mol. The van der Waals surface area contributed by atoms with Crippen LogP contribution in [-0.2, 0) is 14.3 Å². The lowest BCUT2D eigenvalue weighted by Crippen LogP contribution is -2.07. The maximum absolute atomic E-state index is 11.9. The van der Waals surface area contributed by atoms with Crippen LogP contribution in [-0.4, -0.2) is 19.9 Å². The lowest BCUT2D eigenvalue weighted by atomic mass is 10.2. The highest BCUT2D eigenvalue weighted by molar-refractivity contribution is 7.86. The number of nitro benzene ring substituents is 1. The van der Waals surface area contributed by atoms with Gasteiger partial charge < -0.3 is 0 Å². The SMILES string of the molecule is CCCCCC#CCCOS(=O)(=O)c1cccc([N+](=O)[O-])c1. The summed E-state index contributed by atoms with van der Waals surface area (Å²) in [6.07, 6.45) is 4.40. The second-order valence-electron chi connectivity index (χ2n) is 4.59. The van der Waals surface area contributed by atoms with Gasteiger partial charge in [-0.2, -0.15) is 8.42 Å². The average Bonchev–Trinajstić information content (AvgIpc) is 2.50. The van der Waals surface area contributed by atoms with Crippen LogP contribution in [0.1, 0.15) is 39.0 Å². The molecule has 22 heavy (non-hydrogen) atoms. The lowest BCUT2D eigenvalue weighted by Gasteiger charge is -2.03. The normalized spacial score (nSPS) is 10.8. The zero-order valence-electron chi connectivity index (χ0n) is 12.4. The van der Waals surface area contributed by atoms with Gasteiger partial charge in [-0.25, -0.2) is 0 Å². The molecular weight excluding hydrogens is 306 g/mol. The summed E-state index contributed by atoms with van der Waals surface area (Å²) in [6, 6.07) is 4.77. The molecule has 0 aromatic heterocycles. The summed E-state index contributed by atoms with van der Waals surface area (Å²) in [5.41, 5.74) is -0.291. The molecule has 0 aliphatic heterocycles. The van der Waals surface area contributed by atoms with Gasteiger partial charge in [0.05, 0.1) is 11.5 Å². The fourth-order valence-electron chi connectivity index (χ4n) is 1.66. The first-order valence-corrected chi connectivity index (χ1v) is 8.48. The Hall–Kier alpha value is -1.91. The third-order valence-corrected chi connectivity index (χ3v) is 4.12. The minimum Gasteiger partial charge on any atom is -0.265 e. The van der Waals surface area contributed by atoms with Crippen molar-refractivity contribution in [3.05, 3.63) is 34.4 Å². The van der Waals surface area contributed by atoms with E-state index in [1.165, 1.54) is 18.2 Å². The van der Waals surface area contributed by atoms with E-state index in [1.54, 1.807) is 0 Å². The molecule has 0 fully saturated rings. The molecule has 0 bridgehead atoms. The second kappa shape index (κ2) is 9.18. The largest absolute Gasteiger partial charge is 0.297 e. The van der Waals surface area contributed by atoms with Crippen LogP contribution in [0, 0.1) is 22.0 Å². The van der Waals surface area contributed by atoms with Crippen molar-refractivity contribution in [1.29, 1.82) is 0 Å². The van der Waals surface area contributed by atoms with Gasteiger partial charge in [0, 0.05) is 25.0 Å². The van der Waals surface area contributed by atoms with Gasteiger partial charge in [0.2, 0.25) is 0 Å². The Morgan fingerprint density at radius 1 is 1.23 bits per heavy atom. The molecule has 1 aromatic carbocycles. The standard InChI is InChI=1S/C15H19NO5S/c1-2-3-4-5-6-7-8-12-21-22(19,20)15-11-9-10-14(13-15)16(17)18/h9-11,13H,2-5,8,12H2,1H3. The van der Waals surface area contributed by atoms with Gasteiger partial charge >= 0.3 is 0 Å². The average molecular weight is 325 g/mol. The summed E-state index contributed by atoms with van der Waals surface area (Å²) in [5.74, 6) is 5.81. The fraction of sp³-hybridized carbons (Fsp3) is 0.467. The summed E-state index contributed by atoms with van der Waals surface area (Å²) in [6.45, 7) is 2.05. The molecule has 120 valence electrons. The molecule has 0 amide bonds. The van der Waals surface area contributed by atoms with E-state index in [0.717, 1.165) is 31.7 Å². The molecule has 1 aromatic rings. The van der Waals surface area contributed by atoms with Crippen LogP contribution < -0.4 is 0 Å². The highest BCUT2D eigenvalue weighted by Crippen LogP contribution is 2.19. The first-order chi connectivity index (χ1) is 10.5. The number of nitro groups is 1. The van der Waals surface area contributed by atoms with Gasteiger partial charge in [0.1, 0.15) is 4.90 Å². The topological polar surface area (TPSA) is 86.5 Å². The smallest absolute Gasteiger partial charge is 0.265 e. The van der Waals surface area contributed by atoms with Gasteiger partial charge in [0.15, 0.2) is 0 Å². The Morgan fingerprint density at radius 2 is 1.95 bits per heavy atom. The Kier molecular flexibility index (Phi) is 7.57. The predicted octanol–water partition coefficient (Wildman–Crippen LogP) is 3.27. The van der Waals surface area contributed by atoms with E-state index in [9.17, 15) is 18.5 Å². The zero-order valence-corrected chi connectivity index (χ0v) is 13.3. The van der Waals surface area contributed by atoms with E-state index in [4.69, 9.17) is 4.18 Å². The molecule has 6 nitrogen and oxygen atoms in total. The first kappa shape index (κ1) is 18.1. The van der Waals surface area contributed by atoms with Crippen LogP contribution in [0.3, 0.4) is 0 Å². The van der Waals surface area contributed by atoms with Crippen LogP contribution in [0.25, 0.3) is 0 Å². The molecule has 0 aliphatic carbocycles. The van der Waals surface area contributed by atoms with Crippen LogP contribution in [0.2, 0.25) is 0 Å². The van der Waals surface area contributed by atoms with Gasteiger partial charge in [-0.3, -0.25) is 14.3 Å². The lowest BCUT2D eigenvalue weighted by molar-refractivity contribution is -0.385. The molecule has 0 radical (unpaired) electrons. The molecular formula is C15H19NO5S. The van der Waals surface area contributed by atoms with E-state index < -0.39 is 15.0 Å². The van der Waals surface area contributed by atoms with Crippen LogP contribution in [0.4, 0.5) is 5.69 Å². The number of hydrogen-bond acceptors (Lipinski definition) is 5. The predicted molar refractivity (Wildman–Crippen MR) is 82.8 cm³/mol. The molecule has 0 N–H and O–H groups in total. The van der Waals surface area contributed by atoms with Crippen molar-refractivity contribution in [3.63, 3.8) is 0 Å². The van der Waals surface area contributed by atoms with E-state index in [0.29, 0.717) is 6.42 Å². The molecule has 7 heteroatoms. The van der Waals surface area contributed by atoms with E-state index in [2.05, 4.69) is 18.8 Å². The van der Waals surface area contributed by atoms with Crippen molar-refractivity contribution in [1.82, 2.24) is 0 Å². The highest BCUT2D eigenvalue weighted by atomic mass is 32.2. The summed E-state index contributed by atoms with van der Waals surface area (Å²) in [5, 5.41) is 10.6. The minimum absolute atomic E-state index is 0.0637.